The van der Waals surface area contributed by atoms with E-state index < -0.39 is 15.6 Å². The molecule has 1 aliphatic rings. The first kappa shape index (κ1) is 21.2. The van der Waals surface area contributed by atoms with Crippen LogP contribution in [-0.4, -0.2) is 69.8 Å². The van der Waals surface area contributed by atoms with Gasteiger partial charge in [0.25, 0.3) is 0 Å². The van der Waals surface area contributed by atoms with E-state index >= 15 is 0 Å². The molecular formula is C16H35N5O2S. The number of aliphatic imine (C=N–C) groups is 1. The first-order chi connectivity index (χ1) is 11.1. The zero-order valence-electron chi connectivity index (χ0n) is 15.9. The van der Waals surface area contributed by atoms with Crippen molar-refractivity contribution in [3.63, 3.8) is 0 Å². The maximum absolute atomic E-state index is 11.4. The van der Waals surface area contributed by atoms with Crippen molar-refractivity contribution in [2.45, 2.75) is 58.5 Å². The smallest absolute Gasteiger partial charge is 0.209 e. The van der Waals surface area contributed by atoms with E-state index in [1.165, 1.54) is 19.2 Å². The van der Waals surface area contributed by atoms with Crippen LogP contribution >= 0.6 is 0 Å². The Kier molecular flexibility index (Phi) is 8.45. The molecule has 1 saturated heterocycles. The molecule has 0 amide bonds. The van der Waals surface area contributed by atoms with Gasteiger partial charge in [0, 0.05) is 31.2 Å². The standard InChI is InChI=1S/C16H35N5O2S/c1-6-10-21-11-8-14(9-12-21)19-15(17-7-2)18-13-16(3,4)20-24(5,22)23/h14,20H,6-13H2,1-5H3,(H2,17,18,19). The van der Waals surface area contributed by atoms with E-state index in [1.54, 1.807) is 0 Å². The fraction of sp³-hybridized carbons (Fsp3) is 0.938. The molecule has 0 saturated carbocycles. The van der Waals surface area contributed by atoms with Crippen LogP contribution < -0.4 is 15.4 Å². The molecule has 1 aliphatic heterocycles. The molecule has 0 aromatic rings. The van der Waals surface area contributed by atoms with Crippen molar-refractivity contribution in [1.82, 2.24) is 20.3 Å². The number of sulfonamides is 1. The molecule has 0 aliphatic carbocycles. The number of nitrogens with zero attached hydrogens (tertiary/aromatic N) is 2. The quantitative estimate of drug-likeness (QED) is 0.439. The first-order valence-electron chi connectivity index (χ1n) is 8.91. The number of piperidine rings is 1. The summed E-state index contributed by atoms with van der Waals surface area (Å²) in [6, 6.07) is 0.418. The summed E-state index contributed by atoms with van der Waals surface area (Å²) in [4.78, 5) is 7.07. The Morgan fingerprint density at radius 2 is 1.88 bits per heavy atom. The molecule has 0 aromatic carbocycles. The van der Waals surface area contributed by atoms with Crippen molar-refractivity contribution in [2.75, 3.05) is 39.0 Å². The molecule has 1 heterocycles. The van der Waals surface area contributed by atoms with Crippen molar-refractivity contribution in [1.29, 1.82) is 0 Å². The highest BCUT2D eigenvalue weighted by molar-refractivity contribution is 7.88. The molecule has 1 rings (SSSR count). The van der Waals surface area contributed by atoms with Gasteiger partial charge in [-0.25, -0.2) is 13.1 Å². The second-order valence-corrected chi connectivity index (χ2v) is 8.96. The summed E-state index contributed by atoms with van der Waals surface area (Å²) in [5.41, 5.74) is -0.611. The first-order valence-corrected chi connectivity index (χ1v) is 10.8. The third-order valence-electron chi connectivity index (χ3n) is 3.91. The van der Waals surface area contributed by atoms with Crippen molar-refractivity contribution >= 4 is 16.0 Å². The maximum atomic E-state index is 11.4. The summed E-state index contributed by atoms with van der Waals surface area (Å²) in [5, 5.41) is 6.74. The average Bonchev–Trinajstić information content (AvgIpc) is 2.45. The van der Waals surface area contributed by atoms with E-state index in [0.717, 1.165) is 38.4 Å². The van der Waals surface area contributed by atoms with E-state index in [2.05, 4.69) is 32.2 Å². The zero-order chi connectivity index (χ0) is 18.2. The molecule has 8 heteroatoms. The number of guanidine groups is 1. The van der Waals surface area contributed by atoms with E-state index in [0.29, 0.717) is 12.6 Å². The largest absolute Gasteiger partial charge is 0.357 e. The molecular weight excluding hydrogens is 326 g/mol. The Bertz CT molecular complexity index is 497. The van der Waals surface area contributed by atoms with Crippen molar-refractivity contribution in [3.8, 4) is 0 Å². The van der Waals surface area contributed by atoms with Gasteiger partial charge in [0.1, 0.15) is 0 Å². The third kappa shape index (κ3) is 8.84. The van der Waals surface area contributed by atoms with Gasteiger partial charge in [-0.2, -0.15) is 0 Å². The molecule has 3 N–H and O–H groups in total. The maximum Gasteiger partial charge on any atom is 0.209 e. The summed E-state index contributed by atoms with van der Waals surface area (Å²) < 4.78 is 25.5. The molecule has 24 heavy (non-hydrogen) atoms. The van der Waals surface area contributed by atoms with Crippen LogP contribution in [0.25, 0.3) is 0 Å². The number of likely N-dealkylation sites (tertiary alicyclic amines) is 1. The van der Waals surface area contributed by atoms with Crippen LogP contribution in [0.2, 0.25) is 0 Å². The van der Waals surface area contributed by atoms with Crippen LogP contribution in [0, 0.1) is 0 Å². The Labute approximate surface area is 147 Å². The monoisotopic (exact) mass is 361 g/mol. The van der Waals surface area contributed by atoms with Crippen molar-refractivity contribution < 1.29 is 8.42 Å². The predicted octanol–water partition coefficient (Wildman–Crippen LogP) is 0.744. The minimum absolute atomic E-state index is 0.379. The molecule has 0 radical (unpaired) electrons. The highest BCUT2D eigenvalue weighted by Gasteiger charge is 2.23. The Balaban J connectivity index is 2.57. The normalized spacial score (nSPS) is 18.6. The van der Waals surface area contributed by atoms with Crippen LogP contribution in [0.3, 0.4) is 0 Å². The average molecular weight is 362 g/mol. The fourth-order valence-electron chi connectivity index (χ4n) is 2.94. The SMILES string of the molecule is CCCN1CCC(NC(=NCC(C)(C)NS(C)(=O)=O)NCC)CC1. The second kappa shape index (κ2) is 9.58. The highest BCUT2D eigenvalue weighted by Crippen LogP contribution is 2.11. The van der Waals surface area contributed by atoms with Crippen LogP contribution in [0.1, 0.15) is 47.0 Å². The molecule has 0 spiro atoms. The lowest BCUT2D eigenvalue weighted by Gasteiger charge is -2.33. The fourth-order valence-corrected chi connectivity index (χ4v) is 4.01. The van der Waals surface area contributed by atoms with Crippen LogP contribution in [-0.2, 0) is 10.0 Å². The number of hydrogen-bond donors (Lipinski definition) is 3. The van der Waals surface area contributed by atoms with Gasteiger partial charge >= 0.3 is 0 Å². The van der Waals surface area contributed by atoms with E-state index in [-0.39, 0.29) is 0 Å². The van der Waals surface area contributed by atoms with Gasteiger partial charge in [0.15, 0.2) is 5.96 Å². The predicted molar refractivity (Wildman–Crippen MR) is 101 cm³/mol. The van der Waals surface area contributed by atoms with Gasteiger partial charge < -0.3 is 15.5 Å². The van der Waals surface area contributed by atoms with E-state index in [4.69, 9.17) is 0 Å². The summed E-state index contributed by atoms with van der Waals surface area (Å²) in [5.74, 6) is 0.759. The summed E-state index contributed by atoms with van der Waals surface area (Å²) in [6.07, 6.45) is 4.58. The van der Waals surface area contributed by atoms with Gasteiger partial charge in [0.05, 0.1) is 12.8 Å². The van der Waals surface area contributed by atoms with Crippen LogP contribution in [0.4, 0.5) is 0 Å². The summed E-state index contributed by atoms with van der Waals surface area (Å²) in [6.45, 7) is 12.5. The number of rotatable bonds is 8. The summed E-state index contributed by atoms with van der Waals surface area (Å²) >= 11 is 0. The minimum Gasteiger partial charge on any atom is -0.357 e. The lowest BCUT2D eigenvalue weighted by molar-refractivity contribution is 0.206. The molecule has 7 nitrogen and oxygen atoms in total. The van der Waals surface area contributed by atoms with Gasteiger partial charge in [-0.3, -0.25) is 4.99 Å². The molecule has 1 fully saturated rings. The molecule has 0 unspecified atom stereocenters. The van der Waals surface area contributed by atoms with E-state index in [9.17, 15) is 8.42 Å². The minimum atomic E-state index is -3.25. The topological polar surface area (TPSA) is 85.8 Å². The van der Waals surface area contributed by atoms with Crippen molar-refractivity contribution in [2.24, 2.45) is 4.99 Å². The number of nitrogens with one attached hydrogen (secondary N) is 3. The third-order valence-corrected chi connectivity index (χ3v) is 4.83. The lowest BCUT2D eigenvalue weighted by atomic mass is 10.1. The van der Waals surface area contributed by atoms with Crippen LogP contribution in [0.5, 0.6) is 0 Å². The van der Waals surface area contributed by atoms with Gasteiger partial charge in [-0.05, 0) is 46.6 Å². The van der Waals surface area contributed by atoms with Gasteiger partial charge in [0.2, 0.25) is 10.0 Å². The lowest BCUT2D eigenvalue weighted by Crippen LogP contribution is -2.50. The Morgan fingerprint density at radius 3 is 2.38 bits per heavy atom. The van der Waals surface area contributed by atoms with E-state index in [1.807, 2.05) is 20.8 Å². The Morgan fingerprint density at radius 1 is 1.25 bits per heavy atom. The van der Waals surface area contributed by atoms with Crippen LogP contribution in [0.15, 0.2) is 4.99 Å². The molecule has 142 valence electrons. The number of hydrogen-bond acceptors (Lipinski definition) is 4. The van der Waals surface area contributed by atoms with Gasteiger partial charge in [-0.15, -0.1) is 0 Å². The zero-order valence-corrected chi connectivity index (χ0v) is 16.7. The molecule has 0 atom stereocenters. The highest BCUT2D eigenvalue weighted by atomic mass is 32.2. The van der Waals surface area contributed by atoms with Crippen molar-refractivity contribution in [3.05, 3.63) is 0 Å². The Hall–Kier alpha value is -0.860. The molecule has 0 aromatic heterocycles. The van der Waals surface area contributed by atoms with Gasteiger partial charge in [-0.1, -0.05) is 6.92 Å². The second-order valence-electron chi connectivity index (χ2n) is 7.21. The summed E-state index contributed by atoms with van der Waals surface area (Å²) in [7, 11) is -3.25. The molecule has 0 bridgehead atoms.